The second kappa shape index (κ2) is 9.13. The van der Waals surface area contributed by atoms with E-state index >= 15 is 0 Å². The Hall–Kier alpha value is -3.92. The number of nitrogen functional groups attached to an aromatic ring is 2. The van der Waals surface area contributed by atoms with Crippen molar-refractivity contribution in [2.24, 2.45) is 17.8 Å². The lowest BCUT2D eigenvalue weighted by Gasteiger charge is -2.40. The Kier molecular flexibility index (Phi) is 5.57. The Morgan fingerprint density at radius 2 is 1.21 bits per heavy atom. The van der Waals surface area contributed by atoms with Crippen molar-refractivity contribution in [3.8, 4) is 23.0 Å². The van der Waals surface area contributed by atoms with E-state index < -0.39 is 0 Å². The number of fused-ring (bicyclic) bond motifs is 5. The Balaban J connectivity index is 1.18. The number of ether oxygens (including phenoxy) is 2. The van der Waals surface area contributed by atoms with E-state index in [-0.39, 0.29) is 5.41 Å². The minimum Gasteiger partial charge on any atom is -0.457 e. The molecule has 4 aromatic carbocycles. The van der Waals surface area contributed by atoms with Crippen molar-refractivity contribution in [3.63, 3.8) is 0 Å². The zero-order valence-corrected chi connectivity index (χ0v) is 21.6. The van der Waals surface area contributed by atoms with Crippen molar-refractivity contribution in [2.75, 3.05) is 11.5 Å². The van der Waals surface area contributed by atoms with Crippen LogP contribution < -0.4 is 20.9 Å². The third kappa shape index (κ3) is 3.91. The molecule has 5 unspecified atom stereocenters. The second-order valence-electron chi connectivity index (χ2n) is 11.4. The minimum atomic E-state index is 0.167. The molecule has 3 saturated carbocycles. The summed E-state index contributed by atoms with van der Waals surface area (Å²) in [4.78, 5) is 0. The maximum atomic E-state index is 6.51. The summed E-state index contributed by atoms with van der Waals surface area (Å²) >= 11 is 0. The van der Waals surface area contributed by atoms with Gasteiger partial charge in [-0.2, -0.15) is 0 Å². The number of para-hydroxylation sites is 1. The van der Waals surface area contributed by atoms with Gasteiger partial charge < -0.3 is 20.9 Å². The maximum Gasteiger partial charge on any atom is 0.131 e. The predicted octanol–water partition coefficient (Wildman–Crippen LogP) is 8.30. The van der Waals surface area contributed by atoms with Crippen molar-refractivity contribution in [1.29, 1.82) is 0 Å². The average molecular weight is 503 g/mol. The lowest BCUT2D eigenvalue weighted by molar-refractivity contribution is 0.201. The molecule has 4 N–H and O–H groups in total. The highest BCUT2D eigenvalue weighted by atomic mass is 16.5. The molecule has 0 aromatic heterocycles. The molecule has 0 aliphatic heterocycles. The van der Waals surface area contributed by atoms with Gasteiger partial charge in [-0.3, -0.25) is 0 Å². The fourth-order valence-corrected chi connectivity index (χ4v) is 8.00. The summed E-state index contributed by atoms with van der Waals surface area (Å²) in [6, 6.07) is 32.9. The molecule has 192 valence electrons. The Labute approximate surface area is 224 Å². The van der Waals surface area contributed by atoms with E-state index in [2.05, 4.69) is 48.5 Å². The predicted molar refractivity (Wildman–Crippen MR) is 153 cm³/mol. The SMILES string of the molecule is Nc1ccc(Oc2ccc(C3CC4(c5ccccc5Oc5ccc(N)cc5)CC3C3CCCC34)cc2)cc1. The molecule has 7 rings (SSSR count). The van der Waals surface area contributed by atoms with Crippen LogP contribution in [-0.4, -0.2) is 0 Å². The first-order valence-electron chi connectivity index (χ1n) is 13.9. The summed E-state index contributed by atoms with van der Waals surface area (Å²) in [6.07, 6.45) is 6.46. The monoisotopic (exact) mass is 502 g/mol. The van der Waals surface area contributed by atoms with Gasteiger partial charge in [-0.15, -0.1) is 0 Å². The Bertz CT molecular complexity index is 1430. The fourth-order valence-electron chi connectivity index (χ4n) is 8.00. The molecule has 0 amide bonds. The van der Waals surface area contributed by atoms with Crippen LogP contribution in [0, 0.1) is 17.8 Å². The summed E-state index contributed by atoms with van der Waals surface area (Å²) in [5.41, 5.74) is 16.2. The minimum absolute atomic E-state index is 0.167. The van der Waals surface area contributed by atoms with Gasteiger partial charge in [0.25, 0.3) is 0 Å². The quantitative estimate of drug-likeness (QED) is 0.260. The van der Waals surface area contributed by atoms with Gasteiger partial charge in [0.15, 0.2) is 0 Å². The van der Waals surface area contributed by atoms with Crippen molar-refractivity contribution >= 4 is 11.4 Å². The summed E-state index contributed by atoms with van der Waals surface area (Å²) in [5, 5.41) is 0. The van der Waals surface area contributed by atoms with Gasteiger partial charge in [-0.1, -0.05) is 36.8 Å². The van der Waals surface area contributed by atoms with Crippen LogP contribution in [0.3, 0.4) is 0 Å². The zero-order chi connectivity index (χ0) is 25.7. The normalized spacial score (nSPS) is 27.3. The number of benzene rings is 4. The molecule has 2 bridgehead atoms. The van der Waals surface area contributed by atoms with Gasteiger partial charge in [0.05, 0.1) is 0 Å². The highest BCUT2D eigenvalue weighted by Crippen LogP contribution is 2.71. The van der Waals surface area contributed by atoms with Gasteiger partial charge in [-0.25, -0.2) is 0 Å². The molecule has 3 fully saturated rings. The lowest BCUT2D eigenvalue weighted by atomic mass is 9.64. The molecular weight excluding hydrogens is 468 g/mol. The van der Waals surface area contributed by atoms with Crippen LogP contribution in [0.2, 0.25) is 0 Å². The number of hydrogen-bond donors (Lipinski definition) is 2. The van der Waals surface area contributed by atoms with Gasteiger partial charge in [-0.05, 0) is 122 Å². The van der Waals surface area contributed by atoms with Crippen LogP contribution in [0.5, 0.6) is 23.0 Å². The van der Waals surface area contributed by atoms with E-state index in [0.717, 1.165) is 52.1 Å². The number of anilines is 2. The van der Waals surface area contributed by atoms with Gasteiger partial charge in [0.1, 0.15) is 23.0 Å². The summed E-state index contributed by atoms with van der Waals surface area (Å²) in [5.74, 6) is 6.32. The first-order valence-corrected chi connectivity index (χ1v) is 13.9. The van der Waals surface area contributed by atoms with Crippen LogP contribution in [0.25, 0.3) is 0 Å². The molecule has 3 aliphatic rings. The average Bonchev–Trinajstić information content (AvgIpc) is 3.65. The third-order valence-electron chi connectivity index (χ3n) is 9.49. The largest absolute Gasteiger partial charge is 0.457 e. The molecule has 5 atom stereocenters. The molecule has 0 heterocycles. The van der Waals surface area contributed by atoms with Crippen LogP contribution >= 0.6 is 0 Å². The number of nitrogens with two attached hydrogens (primary N) is 2. The van der Waals surface area contributed by atoms with Gasteiger partial charge in [0, 0.05) is 22.4 Å². The summed E-state index contributed by atoms with van der Waals surface area (Å²) < 4.78 is 12.6. The summed E-state index contributed by atoms with van der Waals surface area (Å²) in [7, 11) is 0. The molecule has 38 heavy (non-hydrogen) atoms. The molecule has 0 saturated heterocycles. The molecule has 0 spiro atoms. The smallest absolute Gasteiger partial charge is 0.131 e. The third-order valence-corrected chi connectivity index (χ3v) is 9.49. The van der Waals surface area contributed by atoms with Crippen LogP contribution in [0.4, 0.5) is 11.4 Å². The van der Waals surface area contributed by atoms with E-state index in [4.69, 9.17) is 20.9 Å². The Morgan fingerprint density at radius 1 is 0.605 bits per heavy atom. The first-order chi connectivity index (χ1) is 18.6. The van der Waals surface area contributed by atoms with Crippen LogP contribution in [0.1, 0.15) is 49.1 Å². The van der Waals surface area contributed by atoms with Gasteiger partial charge >= 0.3 is 0 Å². The standard InChI is InChI=1S/C34H34N2O2/c35-23-10-16-26(17-11-23)37-25-14-8-22(9-15-25)29-20-34(21-30(29)28-4-3-6-31(28)34)32-5-1-2-7-33(32)38-27-18-12-24(36)13-19-27/h1-2,5,7-19,28-31H,3-4,6,20-21,35-36H2. The highest BCUT2D eigenvalue weighted by Gasteiger charge is 2.63. The van der Waals surface area contributed by atoms with E-state index in [0.29, 0.717) is 5.92 Å². The highest BCUT2D eigenvalue weighted by molar-refractivity contribution is 5.49. The number of hydrogen-bond acceptors (Lipinski definition) is 4. The van der Waals surface area contributed by atoms with E-state index in [1.54, 1.807) is 0 Å². The maximum absolute atomic E-state index is 6.51. The number of rotatable bonds is 6. The molecule has 4 heteroatoms. The second-order valence-corrected chi connectivity index (χ2v) is 11.4. The molecule has 4 nitrogen and oxygen atoms in total. The van der Waals surface area contributed by atoms with Crippen molar-refractivity contribution < 1.29 is 9.47 Å². The fraction of sp³-hybridized carbons (Fsp3) is 0.294. The molecule has 4 aromatic rings. The molecule has 0 radical (unpaired) electrons. The van der Waals surface area contributed by atoms with Gasteiger partial charge in [0.2, 0.25) is 0 Å². The van der Waals surface area contributed by atoms with Crippen molar-refractivity contribution in [1.82, 2.24) is 0 Å². The summed E-state index contributed by atoms with van der Waals surface area (Å²) in [6.45, 7) is 0. The zero-order valence-electron chi connectivity index (χ0n) is 21.6. The van der Waals surface area contributed by atoms with E-state index in [9.17, 15) is 0 Å². The molecular formula is C34H34N2O2. The van der Waals surface area contributed by atoms with E-state index in [1.807, 2.05) is 48.5 Å². The lowest BCUT2D eigenvalue weighted by Crippen LogP contribution is -2.34. The first kappa shape index (κ1) is 23.2. The molecule has 3 aliphatic carbocycles. The van der Waals surface area contributed by atoms with Crippen molar-refractivity contribution in [3.05, 3.63) is 108 Å². The van der Waals surface area contributed by atoms with Crippen molar-refractivity contribution in [2.45, 2.75) is 43.4 Å². The van der Waals surface area contributed by atoms with Crippen LogP contribution in [-0.2, 0) is 5.41 Å². The van der Waals surface area contributed by atoms with E-state index in [1.165, 1.54) is 43.2 Å². The topological polar surface area (TPSA) is 70.5 Å². The Morgan fingerprint density at radius 3 is 1.89 bits per heavy atom. The van der Waals surface area contributed by atoms with Crippen LogP contribution in [0.15, 0.2) is 97.1 Å².